The monoisotopic (exact) mass is 734 g/mol. The minimum absolute atomic E-state index is 0.0714. The number of carbonyl (C=O) groups is 4. The van der Waals surface area contributed by atoms with Crippen LogP contribution >= 0.6 is 21.6 Å². The quantitative estimate of drug-likeness (QED) is 0.0657. The Morgan fingerprint density at radius 3 is 2.38 bits per heavy atom. The highest BCUT2D eigenvalue weighted by molar-refractivity contribution is 8.77. The van der Waals surface area contributed by atoms with Crippen LogP contribution in [-0.2, 0) is 52.3 Å². The van der Waals surface area contributed by atoms with Gasteiger partial charge in [0.15, 0.2) is 11.7 Å². The van der Waals surface area contributed by atoms with Gasteiger partial charge in [-0.15, -0.1) is 0 Å². The van der Waals surface area contributed by atoms with Crippen LogP contribution in [-0.4, -0.2) is 95.9 Å². The molecule has 10 unspecified atom stereocenters. The highest BCUT2D eigenvalue weighted by Crippen LogP contribution is 2.83. The van der Waals surface area contributed by atoms with E-state index in [1.807, 2.05) is 21.6 Å². The number of cyclic esters (lactones) is 1. The molecule has 8 rings (SSSR count). The SMILES string of the molecule is CC(C)C12OC1C1OC13C1(C)CCC4=C(COC4=O)C1CC1OC13C2OC(=O)CCCC(=O)OCCCCOC(=O)CCCCC1CCSS1. The van der Waals surface area contributed by atoms with E-state index in [1.165, 1.54) is 18.6 Å². The molecule has 0 amide bonds. The Morgan fingerprint density at radius 2 is 1.66 bits per heavy atom. The van der Waals surface area contributed by atoms with E-state index in [9.17, 15) is 19.2 Å². The normalized spacial score (nSPS) is 41.2. The van der Waals surface area contributed by atoms with E-state index >= 15 is 0 Å². The molecule has 0 N–H and O–H groups in total. The zero-order valence-corrected chi connectivity index (χ0v) is 31.0. The summed E-state index contributed by atoms with van der Waals surface area (Å²) in [6.07, 6.45) is 7.56. The van der Waals surface area contributed by atoms with Gasteiger partial charge in [0.1, 0.15) is 30.0 Å². The summed E-state index contributed by atoms with van der Waals surface area (Å²) in [4.78, 5) is 50.2. The Hall–Kier alpha value is -1.80. The molecule has 50 heavy (non-hydrogen) atoms. The third-order valence-electron chi connectivity index (χ3n) is 13.0. The fourth-order valence-corrected chi connectivity index (χ4v) is 13.4. The number of ether oxygens (including phenoxy) is 7. The lowest BCUT2D eigenvalue weighted by molar-refractivity contribution is -0.169. The number of fused-ring (bicyclic) bond motifs is 4. The fraction of sp³-hybridized carbons (Fsp3) is 0.838. The Balaban J connectivity index is 0.784. The van der Waals surface area contributed by atoms with E-state index in [1.54, 1.807) is 0 Å². The van der Waals surface area contributed by atoms with Crippen molar-refractivity contribution in [3.63, 3.8) is 0 Å². The van der Waals surface area contributed by atoms with E-state index in [0.29, 0.717) is 45.3 Å². The topological polar surface area (TPSA) is 143 Å². The summed E-state index contributed by atoms with van der Waals surface area (Å²) in [5, 5.41) is 0.734. The highest BCUT2D eigenvalue weighted by atomic mass is 33.1. The average Bonchev–Trinajstić information content (AvgIpc) is 4.03. The van der Waals surface area contributed by atoms with Gasteiger partial charge >= 0.3 is 23.9 Å². The molecule has 0 radical (unpaired) electrons. The molecule has 3 aliphatic carbocycles. The predicted octanol–water partition coefficient (Wildman–Crippen LogP) is 5.41. The number of unbranched alkanes of at least 4 members (excludes halogenated alkanes) is 2. The van der Waals surface area contributed by atoms with Crippen molar-refractivity contribution in [1.29, 1.82) is 0 Å². The van der Waals surface area contributed by atoms with Crippen molar-refractivity contribution in [2.75, 3.05) is 25.6 Å². The van der Waals surface area contributed by atoms with Crippen molar-refractivity contribution in [1.82, 2.24) is 0 Å². The molecular formula is C37H50O11S2. The molecule has 11 nitrogen and oxygen atoms in total. The van der Waals surface area contributed by atoms with Crippen molar-refractivity contribution < 1.29 is 52.3 Å². The van der Waals surface area contributed by atoms with Crippen LogP contribution < -0.4 is 0 Å². The summed E-state index contributed by atoms with van der Waals surface area (Å²) in [5.74, 6) is 0.300. The fourth-order valence-electron chi connectivity index (χ4n) is 10.3. The number of hydrogen-bond donors (Lipinski definition) is 0. The summed E-state index contributed by atoms with van der Waals surface area (Å²) in [6.45, 7) is 7.35. The summed E-state index contributed by atoms with van der Waals surface area (Å²) >= 11 is 0. The van der Waals surface area contributed by atoms with Gasteiger partial charge in [0.05, 0.1) is 19.3 Å². The first-order chi connectivity index (χ1) is 24.1. The minimum Gasteiger partial charge on any atom is -0.466 e. The second-order valence-electron chi connectivity index (χ2n) is 16.0. The van der Waals surface area contributed by atoms with Gasteiger partial charge < -0.3 is 33.2 Å². The van der Waals surface area contributed by atoms with E-state index in [2.05, 4.69) is 20.8 Å². The van der Waals surface area contributed by atoms with Crippen LogP contribution in [0.15, 0.2) is 11.1 Å². The molecule has 0 aromatic heterocycles. The molecule has 13 heteroatoms. The second-order valence-corrected chi connectivity index (χ2v) is 18.7. The lowest BCUT2D eigenvalue weighted by atomic mass is 9.46. The molecule has 4 saturated heterocycles. The second kappa shape index (κ2) is 13.2. The van der Waals surface area contributed by atoms with Gasteiger partial charge in [0, 0.05) is 41.3 Å². The molecule has 6 fully saturated rings. The summed E-state index contributed by atoms with van der Waals surface area (Å²) in [7, 11) is 3.91. The number of carbonyl (C=O) groups excluding carboxylic acids is 4. The van der Waals surface area contributed by atoms with Crippen molar-refractivity contribution in [2.24, 2.45) is 17.3 Å². The lowest BCUT2D eigenvalue weighted by Gasteiger charge is -2.53. The van der Waals surface area contributed by atoms with Crippen LogP contribution in [0.1, 0.15) is 104 Å². The standard InChI is InChI=1S/C37H50O11S2/c1-21(2)35-30(47-35)31-37(48-31)34(3)15-13-23-24(20-44-32(23)41)25(34)19-26-36(37,46-26)33(35)45-29(40)12-8-11-28(39)43-17-7-6-16-42-27(38)10-5-4-9-22-14-18-49-50-22/h21-22,25-26,30-31,33H,4-20H2,1-3H3. The zero-order valence-electron chi connectivity index (χ0n) is 29.4. The predicted molar refractivity (Wildman–Crippen MR) is 183 cm³/mol. The van der Waals surface area contributed by atoms with E-state index < -0.39 is 22.9 Å². The number of esters is 4. The largest absolute Gasteiger partial charge is 0.466 e. The lowest BCUT2D eigenvalue weighted by Crippen LogP contribution is -2.70. The number of hydrogen-bond acceptors (Lipinski definition) is 13. The van der Waals surface area contributed by atoms with Gasteiger partial charge in [0.25, 0.3) is 0 Å². The van der Waals surface area contributed by atoms with Crippen LogP contribution in [0.3, 0.4) is 0 Å². The van der Waals surface area contributed by atoms with Crippen LogP contribution in [0.2, 0.25) is 0 Å². The molecule has 8 aliphatic rings. The maximum absolute atomic E-state index is 13.4. The Bertz CT molecular complexity index is 1440. The van der Waals surface area contributed by atoms with Crippen molar-refractivity contribution in [3.05, 3.63) is 11.1 Å². The molecule has 0 aromatic carbocycles. The smallest absolute Gasteiger partial charge is 0.334 e. The summed E-state index contributed by atoms with van der Waals surface area (Å²) in [6, 6.07) is 0. The maximum Gasteiger partial charge on any atom is 0.334 e. The molecule has 2 spiro atoms. The molecule has 10 atom stereocenters. The molecule has 5 aliphatic heterocycles. The zero-order chi connectivity index (χ0) is 34.9. The summed E-state index contributed by atoms with van der Waals surface area (Å²) in [5.41, 5.74) is -0.525. The van der Waals surface area contributed by atoms with Gasteiger partial charge in [-0.1, -0.05) is 48.8 Å². The highest BCUT2D eigenvalue weighted by Gasteiger charge is 3.01. The van der Waals surface area contributed by atoms with Gasteiger partial charge in [-0.3, -0.25) is 14.4 Å². The first-order valence-corrected chi connectivity index (χ1v) is 21.2. The van der Waals surface area contributed by atoms with Gasteiger partial charge in [-0.05, 0) is 75.2 Å². The van der Waals surface area contributed by atoms with Crippen molar-refractivity contribution in [3.8, 4) is 0 Å². The summed E-state index contributed by atoms with van der Waals surface area (Å²) < 4.78 is 42.4. The minimum atomic E-state index is -0.793. The van der Waals surface area contributed by atoms with Gasteiger partial charge in [-0.25, -0.2) is 4.79 Å². The van der Waals surface area contributed by atoms with Crippen molar-refractivity contribution in [2.45, 2.75) is 151 Å². The molecule has 0 aromatic rings. The molecule has 5 heterocycles. The van der Waals surface area contributed by atoms with Crippen LogP contribution in [0.4, 0.5) is 0 Å². The van der Waals surface area contributed by atoms with Gasteiger partial charge in [0.2, 0.25) is 0 Å². The van der Waals surface area contributed by atoms with E-state index in [0.717, 1.165) is 42.1 Å². The van der Waals surface area contributed by atoms with E-state index in [4.69, 9.17) is 33.2 Å². The Labute approximate surface area is 301 Å². The Kier molecular flexibility index (Phi) is 9.34. The maximum atomic E-state index is 13.4. The third-order valence-corrected chi connectivity index (χ3v) is 16.0. The average molecular weight is 735 g/mol. The molecule has 2 saturated carbocycles. The van der Waals surface area contributed by atoms with Crippen LogP contribution in [0.5, 0.6) is 0 Å². The number of rotatable bonds is 16. The number of epoxide rings is 3. The third kappa shape index (κ3) is 5.48. The van der Waals surface area contributed by atoms with E-state index in [-0.39, 0.29) is 78.9 Å². The first-order valence-electron chi connectivity index (χ1n) is 18.8. The van der Waals surface area contributed by atoms with Gasteiger partial charge in [-0.2, -0.15) is 0 Å². The van der Waals surface area contributed by atoms with Crippen LogP contribution in [0, 0.1) is 17.3 Å². The Morgan fingerprint density at radius 1 is 0.920 bits per heavy atom. The molecular weight excluding hydrogens is 685 g/mol. The molecule has 0 bridgehead atoms. The first kappa shape index (κ1) is 35.2. The molecule has 276 valence electrons. The van der Waals surface area contributed by atoms with Crippen LogP contribution in [0.25, 0.3) is 0 Å². The van der Waals surface area contributed by atoms with Crippen molar-refractivity contribution >= 4 is 45.5 Å².